The number of hydrogen-bond acceptors (Lipinski definition) is 4. The molecule has 0 amide bonds. The van der Waals surface area contributed by atoms with Gasteiger partial charge in [0.05, 0.1) is 12.6 Å². The van der Waals surface area contributed by atoms with E-state index < -0.39 is 0 Å². The van der Waals surface area contributed by atoms with E-state index in [0.717, 1.165) is 32.2 Å². The lowest BCUT2D eigenvalue weighted by atomic mass is 9.91. The fraction of sp³-hybridized carbons (Fsp3) is 0.900. The predicted octanol–water partition coefficient (Wildman–Crippen LogP) is 0.149. The van der Waals surface area contributed by atoms with Gasteiger partial charge in [-0.2, -0.15) is 0 Å². The Balaban J connectivity index is 1.89. The van der Waals surface area contributed by atoms with E-state index in [1.165, 1.54) is 0 Å². The quantitative estimate of drug-likeness (QED) is 0.611. The molecule has 0 spiro atoms. The van der Waals surface area contributed by atoms with Crippen molar-refractivity contribution in [3.63, 3.8) is 0 Å². The van der Waals surface area contributed by atoms with Gasteiger partial charge in [-0.25, -0.2) is 0 Å². The summed E-state index contributed by atoms with van der Waals surface area (Å²) in [5.41, 5.74) is 0. The third kappa shape index (κ3) is 2.25. The zero-order valence-electron chi connectivity index (χ0n) is 8.32. The van der Waals surface area contributed by atoms with E-state index in [-0.39, 0.29) is 12.1 Å². The first kappa shape index (κ1) is 9.93. The van der Waals surface area contributed by atoms with Crippen LogP contribution in [-0.2, 0) is 9.53 Å². The van der Waals surface area contributed by atoms with Crippen LogP contribution in [0.3, 0.4) is 0 Å². The van der Waals surface area contributed by atoms with Gasteiger partial charge in [-0.05, 0) is 25.7 Å². The van der Waals surface area contributed by atoms with Gasteiger partial charge >= 0.3 is 5.97 Å². The number of carbonyl (C=O) groups excluding carboxylic acids is 1. The van der Waals surface area contributed by atoms with Crippen molar-refractivity contribution in [1.29, 1.82) is 0 Å². The van der Waals surface area contributed by atoms with Crippen molar-refractivity contribution >= 4 is 5.97 Å². The number of cyclic esters (lactones) is 1. The number of rotatable bonds is 1. The molecule has 80 valence electrons. The van der Waals surface area contributed by atoms with Crippen LogP contribution in [0.5, 0.6) is 0 Å². The van der Waals surface area contributed by atoms with E-state index in [0.29, 0.717) is 19.2 Å². The Bertz CT molecular complexity index is 219. The molecule has 14 heavy (non-hydrogen) atoms. The number of aliphatic hydroxyl groups excluding tert-OH is 1. The average Bonchev–Trinajstić information content (AvgIpc) is 2.18. The molecule has 1 aliphatic carbocycles. The van der Waals surface area contributed by atoms with Gasteiger partial charge in [0.15, 0.2) is 0 Å². The highest BCUT2D eigenvalue weighted by atomic mass is 16.5. The number of aliphatic hydroxyl groups is 1. The van der Waals surface area contributed by atoms with Crippen molar-refractivity contribution in [2.24, 2.45) is 0 Å². The Morgan fingerprint density at radius 3 is 3.00 bits per heavy atom. The molecule has 0 bridgehead atoms. The van der Waals surface area contributed by atoms with Crippen LogP contribution in [0.15, 0.2) is 0 Å². The average molecular weight is 199 g/mol. The third-order valence-electron chi connectivity index (χ3n) is 3.11. The molecule has 0 radical (unpaired) electrons. The number of morpholine rings is 1. The van der Waals surface area contributed by atoms with Crippen molar-refractivity contribution in [3.05, 3.63) is 0 Å². The minimum Gasteiger partial charge on any atom is -0.463 e. The van der Waals surface area contributed by atoms with Gasteiger partial charge in [0.1, 0.15) is 6.61 Å². The van der Waals surface area contributed by atoms with Gasteiger partial charge in [0, 0.05) is 12.6 Å². The molecule has 1 heterocycles. The molecule has 1 N–H and O–H groups in total. The van der Waals surface area contributed by atoms with Crippen LogP contribution < -0.4 is 0 Å². The lowest BCUT2D eigenvalue weighted by molar-refractivity contribution is -0.152. The fourth-order valence-corrected chi connectivity index (χ4v) is 2.35. The lowest BCUT2D eigenvalue weighted by Crippen LogP contribution is -2.48. The predicted molar refractivity (Wildman–Crippen MR) is 50.8 cm³/mol. The SMILES string of the molecule is O=C1CN(C2CCCC(O)C2)CCO1. The van der Waals surface area contributed by atoms with Crippen LogP contribution >= 0.6 is 0 Å². The third-order valence-corrected chi connectivity index (χ3v) is 3.11. The molecular weight excluding hydrogens is 182 g/mol. The Morgan fingerprint density at radius 1 is 1.43 bits per heavy atom. The van der Waals surface area contributed by atoms with E-state index >= 15 is 0 Å². The molecule has 2 atom stereocenters. The number of esters is 1. The number of nitrogens with zero attached hydrogens (tertiary/aromatic N) is 1. The van der Waals surface area contributed by atoms with Crippen molar-refractivity contribution in [1.82, 2.24) is 4.90 Å². The van der Waals surface area contributed by atoms with Crippen LogP contribution in [0.2, 0.25) is 0 Å². The molecule has 0 aromatic carbocycles. The second kappa shape index (κ2) is 4.28. The molecule has 1 saturated heterocycles. The maximum Gasteiger partial charge on any atom is 0.320 e. The summed E-state index contributed by atoms with van der Waals surface area (Å²) in [6.45, 7) is 1.73. The van der Waals surface area contributed by atoms with Crippen molar-refractivity contribution in [3.8, 4) is 0 Å². The van der Waals surface area contributed by atoms with E-state index in [4.69, 9.17) is 4.74 Å². The summed E-state index contributed by atoms with van der Waals surface area (Å²) in [5, 5.41) is 9.53. The molecule has 4 heteroatoms. The summed E-state index contributed by atoms with van der Waals surface area (Å²) in [6, 6.07) is 0.381. The monoisotopic (exact) mass is 199 g/mol. The normalized spacial score (nSPS) is 35.4. The Morgan fingerprint density at radius 2 is 2.29 bits per heavy atom. The van der Waals surface area contributed by atoms with Gasteiger partial charge < -0.3 is 9.84 Å². The highest BCUT2D eigenvalue weighted by Gasteiger charge is 2.29. The lowest BCUT2D eigenvalue weighted by Gasteiger charge is -2.37. The van der Waals surface area contributed by atoms with Crippen LogP contribution in [0, 0.1) is 0 Å². The molecule has 2 unspecified atom stereocenters. The van der Waals surface area contributed by atoms with E-state index in [1.807, 2.05) is 0 Å². The van der Waals surface area contributed by atoms with Crippen molar-refractivity contribution < 1.29 is 14.6 Å². The minimum absolute atomic E-state index is 0.128. The summed E-state index contributed by atoms with van der Waals surface area (Å²) in [5.74, 6) is -0.128. The molecule has 2 aliphatic rings. The first-order valence-electron chi connectivity index (χ1n) is 5.33. The van der Waals surface area contributed by atoms with Crippen LogP contribution in [0.25, 0.3) is 0 Å². The highest BCUT2D eigenvalue weighted by molar-refractivity contribution is 5.72. The van der Waals surface area contributed by atoms with Gasteiger partial charge in [0.2, 0.25) is 0 Å². The highest BCUT2D eigenvalue weighted by Crippen LogP contribution is 2.23. The largest absolute Gasteiger partial charge is 0.463 e. The Labute approximate surface area is 83.8 Å². The smallest absolute Gasteiger partial charge is 0.320 e. The molecule has 1 aliphatic heterocycles. The van der Waals surface area contributed by atoms with Crippen molar-refractivity contribution in [2.45, 2.75) is 37.8 Å². The first-order chi connectivity index (χ1) is 6.75. The van der Waals surface area contributed by atoms with Gasteiger partial charge in [-0.15, -0.1) is 0 Å². The Kier molecular flexibility index (Phi) is 3.03. The summed E-state index contributed by atoms with van der Waals surface area (Å²) < 4.78 is 4.88. The second-order valence-corrected chi connectivity index (χ2v) is 4.17. The van der Waals surface area contributed by atoms with E-state index in [9.17, 15) is 9.90 Å². The second-order valence-electron chi connectivity index (χ2n) is 4.17. The number of hydrogen-bond donors (Lipinski definition) is 1. The summed E-state index contributed by atoms with van der Waals surface area (Å²) >= 11 is 0. The van der Waals surface area contributed by atoms with Crippen LogP contribution in [0.4, 0.5) is 0 Å². The molecule has 0 aromatic rings. The maximum absolute atomic E-state index is 11.1. The van der Waals surface area contributed by atoms with Gasteiger partial charge in [-0.1, -0.05) is 0 Å². The zero-order valence-corrected chi connectivity index (χ0v) is 8.32. The van der Waals surface area contributed by atoms with Crippen molar-refractivity contribution in [2.75, 3.05) is 19.7 Å². The molecule has 2 rings (SSSR count). The first-order valence-corrected chi connectivity index (χ1v) is 5.33. The van der Waals surface area contributed by atoms with Crippen LogP contribution in [-0.4, -0.2) is 47.8 Å². The molecule has 2 fully saturated rings. The number of ether oxygens (including phenoxy) is 1. The standard InChI is InChI=1S/C10H17NO3/c12-9-3-1-2-8(6-9)11-4-5-14-10(13)7-11/h8-9,12H,1-7H2. The molecular formula is C10H17NO3. The summed E-state index contributed by atoms with van der Waals surface area (Å²) in [4.78, 5) is 13.2. The summed E-state index contributed by atoms with van der Waals surface area (Å²) in [7, 11) is 0. The number of carbonyl (C=O) groups is 1. The fourth-order valence-electron chi connectivity index (χ4n) is 2.35. The van der Waals surface area contributed by atoms with Gasteiger partial charge in [0.25, 0.3) is 0 Å². The summed E-state index contributed by atoms with van der Waals surface area (Å²) in [6.07, 6.45) is 3.72. The maximum atomic E-state index is 11.1. The van der Waals surface area contributed by atoms with Gasteiger partial charge in [-0.3, -0.25) is 9.69 Å². The molecule has 1 saturated carbocycles. The molecule has 4 nitrogen and oxygen atoms in total. The zero-order chi connectivity index (χ0) is 9.97. The van der Waals surface area contributed by atoms with Crippen LogP contribution in [0.1, 0.15) is 25.7 Å². The topological polar surface area (TPSA) is 49.8 Å². The van der Waals surface area contributed by atoms with E-state index in [2.05, 4.69) is 4.90 Å². The molecule has 0 aromatic heterocycles. The van der Waals surface area contributed by atoms with E-state index in [1.54, 1.807) is 0 Å². The Hall–Kier alpha value is -0.610. The minimum atomic E-state index is -0.174.